The zero-order chi connectivity index (χ0) is 17.4. The van der Waals surface area contributed by atoms with E-state index in [1.165, 1.54) is 0 Å². The van der Waals surface area contributed by atoms with Crippen molar-refractivity contribution in [3.8, 4) is 0 Å². The number of nitrogens with zero attached hydrogens (tertiary/aromatic N) is 2. The fourth-order valence-electron chi connectivity index (χ4n) is 3.71. The molecular weight excluding hydrogens is 338 g/mol. The van der Waals surface area contributed by atoms with E-state index in [-0.39, 0.29) is 18.6 Å². The van der Waals surface area contributed by atoms with Crippen LogP contribution in [0.15, 0.2) is 48.8 Å². The average molecular weight is 358 g/mol. The van der Waals surface area contributed by atoms with E-state index in [1.54, 1.807) is 6.33 Å². The Hall–Kier alpha value is -1.92. The van der Waals surface area contributed by atoms with Crippen LogP contribution in [0.5, 0.6) is 0 Å². The lowest BCUT2D eigenvalue weighted by molar-refractivity contribution is 0.0641. The molecule has 4 rings (SSSR count). The number of aromatic amines is 1. The van der Waals surface area contributed by atoms with Crippen LogP contribution in [-0.4, -0.2) is 50.4 Å². The number of nitrogens with one attached hydrogen (secondary N) is 1. The topological polar surface area (TPSA) is 72.4 Å². The van der Waals surface area contributed by atoms with E-state index >= 15 is 0 Å². The lowest BCUT2D eigenvalue weighted by atomic mass is 9.94. The molecule has 1 aliphatic rings. The number of halogens is 1. The highest BCUT2D eigenvalue weighted by molar-refractivity contribution is 6.30. The molecule has 1 aliphatic heterocycles. The molecule has 0 unspecified atom stereocenters. The van der Waals surface area contributed by atoms with Gasteiger partial charge >= 0.3 is 0 Å². The Kier molecular flexibility index (Phi) is 4.48. The van der Waals surface area contributed by atoms with Crippen LogP contribution < -0.4 is 0 Å². The Morgan fingerprint density at radius 1 is 1.20 bits per heavy atom. The molecule has 3 aromatic rings. The van der Waals surface area contributed by atoms with Crippen molar-refractivity contribution < 1.29 is 10.2 Å². The number of aromatic nitrogens is 2. The van der Waals surface area contributed by atoms with Crippen molar-refractivity contribution in [2.45, 2.75) is 24.6 Å². The number of aliphatic hydroxyl groups excluding tert-OH is 2. The molecule has 1 aromatic heterocycles. The maximum atomic E-state index is 10.7. The van der Waals surface area contributed by atoms with Gasteiger partial charge in [0.25, 0.3) is 0 Å². The third-order valence-electron chi connectivity index (χ3n) is 5.06. The molecule has 130 valence electrons. The summed E-state index contributed by atoms with van der Waals surface area (Å²) in [6.07, 6.45) is 1.07. The highest BCUT2D eigenvalue weighted by Crippen LogP contribution is 2.33. The highest BCUT2D eigenvalue weighted by Gasteiger charge is 2.40. The van der Waals surface area contributed by atoms with Gasteiger partial charge in [-0.3, -0.25) is 4.90 Å². The van der Waals surface area contributed by atoms with Crippen molar-refractivity contribution in [2.75, 3.05) is 13.2 Å². The van der Waals surface area contributed by atoms with E-state index in [2.05, 4.69) is 20.9 Å². The molecule has 2 aromatic carbocycles. The number of rotatable bonds is 4. The van der Waals surface area contributed by atoms with Crippen LogP contribution >= 0.6 is 11.6 Å². The number of benzene rings is 2. The van der Waals surface area contributed by atoms with E-state index in [4.69, 9.17) is 11.6 Å². The second-order valence-corrected chi connectivity index (χ2v) is 7.02. The molecule has 6 heteroatoms. The summed E-state index contributed by atoms with van der Waals surface area (Å²) in [6.45, 7) is 1.29. The Morgan fingerprint density at radius 3 is 2.76 bits per heavy atom. The minimum atomic E-state index is -0.609. The largest absolute Gasteiger partial charge is 0.395 e. The predicted molar refractivity (Wildman–Crippen MR) is 97.6 cm³/mol. The lowest BCUT2D eigenvalue weighted by Gasteiger charge is -2.24. The number of imidazole rings is 1. The number of aliphatic hydroxyl groups is 2. The van der Waals surface area contributed by atoms with Crippen LogP contribution in [0.1, 0.15) is 17.0 Å². The summed E-state index contributed by atoms with van der Waals surface area (Å²) in [5, 5.41) is 21.2. The summed E-state index contributed by atoms with van der Waals surface area (Å²) in [5.41, 5.74) is 4.09. The summed E-state index contributed by atoms with van der Waals surface area (Å²) < 4.78 is 0. The molecule has 25 heavy (non-hydrogen) atoms. The molecular formula is C19H20ClN3O2. The fourth-order valence-corrected chi connectivity index (χ4v) is 3.84. The lowest BCUT2D eigenvalue weighted by Crippen LogP contribution is -2.38. The Morgan fingerprint density at radius 2 is 2.00 bits per heavy atom. The van der Waals surface area contributed by atoms with Gasteiger partial charge in [0.05, 0.1) is 36.1 Å². The van der Waals surface area contributed by atoms with E-state index in [0.717, 1.165) is 22.2 Å². The fraction of sp³-hybridized carbons (Fsp3) is 0.316. The van der Waals surface area contributed by atoms with Gasteiger partial charge < -0.3 is 15.2 Å². The molecule has 0 radical (unpaired) electrons. The van der Waals surface area contributed by atoms with Crippen LogP contribution in [0.25, 0.3) is 11.0 Å². The monoisotopic (exact) mass is 357 g/mol. The summed E-state index contributed by atoms with van der Waals surface area (Å²) in [6, 6.07) is 13.4. The van der Waals surface area contributed by atoms with Gasteiger partial charge in [0.2, 0.25) is 0 Å². The number of hydrogen-bond donors (Lipinski definition) is 3. The van der Waals surface area contributed by atoms with Crippen LogP contribution in [0, 0.1) is 0 Å². The van der Waals surface area contributed by atoms with Crippen molar-refractivity contribution in [1.29, 1.82) is 0 Å². The molecule has 0 aliphatic carbocycles. The standard InChI is InChI=1S/C19H20ClN3O2/c20-14-4-2-13(3-5-14)15-9-23(18(10-24)19(15)25)8-12-1-6-16-17(7-12)22-11-21-16/h1-7,11,15,18-19,24-25H,8-10H2,(H,21,22)/t15-,18-,19-/m1/s1. The van der Waals surface area contributed by atoms with Gasteiger partial charge in [0.15, 0.2) is 0 Å². The zero-order valence-electron chi connectivity index (χ0n) is 13.6. The second-order valence-electron chi connectivity index (χ2n) is 6.58. The van der Waals surface area contributed by atoms with E-state index in [1.807, 2.05) is 36.4 Å². The molecule has 1 saturated heterocycles. The van der Waals surface area contributed by atoms with Crippen molar-refractivity contribution in [3.63, 3.8) is 0 Å². The normalized spacial score (nSPS) is 24.2. The van der Waals surface area contributed by atoms with Crippen LogP contribution in [0.2, 0.25) is 5.02 Å². The molecule has 0 bridgehead atoms. The summed E-state index contributed by atoms with van der Waals surface area (Å²) in [5.74, 6) is -0.0368. The van der Waals surface area contributed by atoms with Gasteiger partial charge in [-0.2, -0.15) is 0 Å². The van der Waals surface area contributed by atoms with Crippen molar-refractivity contribution >= 4 is 22.6 Å². The summed E-state index contributed by atoms with van der Waals surface area (Å²) in [7, 11) is 0. The number of likely N-dealkylation sites (tertiary alicyclic amines) is 1. The van der Waals surface area contributed by atoms with Gasteiger partial charge in [-0.25, -0.2) is 4.98 Å². The van der Waals surface area contributed by atoms with Gasteiger partial charge in [-0.05, 0) is 35.4 Å². The first-order valence-corrected chi connectivity index (χ1v) is 8.74. The first-order valence-electron chi connectivity index (χ1n) is 8.36. The van der Waals surface area contributed by atoms with E-state index < -0.39 is 6.10 Å². The molecule has 3 N–H and O–H groups in total. The first-order chi connectivity index (χ1) is 12.2. The van der Waals surface area contributed by atoms with Crippen molar-refractivity contribution in [2.24, 2.45) is 0 Å². The Bertz CT molecular complexity index is 864. The second kappa shape index (κ2) is 6.77. The Balaban J connectivity index is 1.56. The average Bonchev–Trinajstić information content (AvgIpc) is 3.20. The van der Waals surface area contributed by atoms with E-state index in [9.17, 15) is 10.2 Å². The van der Waals surface area contributed by atoms with Gasteiger partial charge in [0.1, 0.15) is 0 Å². The Labute approximate surface area is 150 Å². The third kappa shape index (κ3) is 3.16. The first kappa shape index (κ1) is 16.5. The molecule has 1 fully saturated rings. The maximum Gasteiger partial charge on any atom is 0.0931 e. The number of H-pyrrole nitrogens is 1. The molecule has 0 saturated carbocycles. The molecule has 3 atom stereocenters. The quantitative estimate of drug-likeness (QED) is 0.671. The van der Waals surface area contributed by atoms with Gasteiger partial charge in [-0.15, -0.1) is 0 Å². The third-order valence-corrected chi connectivity index (χ3v) is 5.31. The summed E-state index contributed by atoms with van der Waals surface area (Å²) >= 11 is 5.96. The molecule has 2 heterocycles. The molecule has 0 spiro atoms. The number of fused-ring (bicyclic) bond motifs is 1. The minimum absolute atomic E-state index is 0.0368. The van der Waals surface area contributed by atoms with Crippen LogP contribution in [0.4, 0.5) is 0 Å². The maximum absolute atomic E-state index is 10.7. The molecule has 0 amide bonds. The zero-order valence-corrected chi connectivity index (χ0v) is 14.4. The van der Waals surface area contributed by atoms with Crippen molar-refractivity contribution in [3.05, 3.63) is 64.9 Å². The molecule has 5 nitrogen and oxygen atoms in total. The van der Waals surface area contributed by atoms with Gasteiger partial charge in [-0.1, -0.05) is 29.8 Å². The smallest absolute Gasteiger partial charge is 0.0931 e. The SMILES string of the molecule is OC[C@@H]1[C@H](O)[C@@H](c2ccc(Cl)cc2)CN1Cc1ccc2nc[nH]c2c1. The minimum Gasteiger partial charge on any atom is -0.395 e. The van der Waals surface area contributed by atoms with Crippen LogP contribution in [-0.2, 0) is 6.54 Å². The summed E-state index contributed by atoms with van der Waals surface area (Å²) in [4.78, 5) is 9.49. The van der Waals surface area contributed by atoms with E-state index in [0.29, 0.717) is 18.1 Å². The predicted octanol–water partition coefficient (Wildman–Crippen LogP) is 2.54. The highest BCUT2D eigenvalue weighted by atomic mass is 35.5. The van der Waals surface area contributed by atoms with Gasteiger partial charge in [0, 0.05) is 24.0 Å². The van der Waals surface area contributed by atoms with Crippen molar-refractivity contribution in [1.82, 2.24) is 14.9 Å². The van der Waals surface area contributed by atoms with Crippen LogP contribution in [0.3, 0.4) is 0 Å². The number of hydrogen-bond acceptors (Lipinski definition) is 4.